The fourth-order valence-electron chi connectivity index (χ4n) is 1.51. The van der Waals surface area contributed by atoms with Crippen LogP contribution in [0.2, 0.25) is 0 Å². The molecule has 1 aromatic rings. The third-order valence-corrected chi connectivity index (χ3v) is 2.58. The number of carbonyl (C=O) groups excluding carboxylic acids is 1. The first-order chi connectivity index (χ1) is 6.92. The number of amides is 1. The summed E-state index contributed by atoms with van der Waals surface area (Å²) in [7, 11) is 0. The first-order valence-corrected chi connectivity index (χ1v) is 5.23. The van der Waals surface area contributed by atoms with E-state index >= 15 is 0 Å². The predicted molar refractivity (Wildman–Crippen MR) is 62.9 cm³/mol. The van der Waals surface area contributed by atoms with Crippen molar-refractivity contribution in [3.05, 3.63) is 35.4 Å². The third-order valence-electron chi connectivity index (χ3n) is 2.58. The Morgan fingerprint density at radius 2 is 2.07 bits per heavy atom. The summed E-state index contributed by atoms with van der Waals surface area (Å²) in [4.78, 5) is 10.9. The van der Waals surface area contributed by atoms with Crippen molar-refractivity contribution >= 4 is 5.91 Å². The number of carbonyl (C=O) groups is 1. The van der Waals surface area contributed by atoms with E-state index in [0.717, 1.165) is 0 Å². The number of hydrogen-bond donors (Lipinski definition) is 1. The van der Waals surface area contributed by atoms with Gasteiger partial charge in [-0.3, -0.25) is 4.79 Å². The summed E-state index contributed by atoms with van der Waals surface area (Å²) in [5.74, 6) is 0.0238. The zero-order valence-electron chi connectivity index (χ0n) is 9.92. The highest BCUT2D eigenvalue weighted by Gasteiger charge is 2.20. The lowest BCUT2D eigenvalue weighted by Crippen LogP contribution is -2.35. The first-order valence-electron chi connectivity index (χ1n) is 5.23. The summed E-state index contributed by atoms with van der Waals surface area (Å²) in [6, 6.07) is 8.41. The number of hydrogen-bond acceptors (Lipinski definition) is 1. The molecule has 1 N–H and O–H groups in total. The van der Waals surface area contributed by atoms with Crippen LogP contribution in [0.5, 0.6) is 0 Å². The van der Waals surface area contributed by atoms with Crippen LogP contribution in [0, 0.1) is 6.92 Å². The van der Waals surface area contributed by atoms with E-state index < -0.39 is 0 Å². The maximum Gasteiger partial charge on any atom is 0.216 e. The molecule has 0 spiro atoms. The molecule has 0 unspecified atom stereocenters. The lowest BCUT2D eigenvalue weighted by atomic mass is 9.84. The van der Waals surface area contributed by atoms with Gasteiger partial charge in [0, 0.05) is 18.9 Å². The molecule has 15 heavy (non-hydrogen) atoms. The van der Waals surface area contributed by atoms with E-state index in [1.807, 2.05) is 0 Å². The monoisotopic (exact) mass is 205 g/mol. The minimum atomic E-state index is -0.0162. The van der Waals surface area contributed by atoms with Crippen LogP contribution in [0.1, 0.15) is 31.9 Å². The topological polar surface area (TPSA) is 29.1 Å². The molecule has 82 valence electrons. The predicted octanol–water partition coefficient (Wildman–Crippen LogP) is 2.41. The van der Waals surface area contributed by atoms with Crippen molar-refractivity contribution in [3.8, 4) is 0 Å². The molecule has 0 heterocycles. The van der Waals surface area contributed by atoms with Crippen LogP contribution < -0.4 is 5.32 Å². The summed E-state index contributed by atoms with van der Waals surface area (Å²) in [5, 5.41) is 2.86. The molecule has 0 aliphatic carbocycles. The van der Waals surface area contributed by atoms with Crippen molar-refractivity contribution in [2.24, 2.45) is 0 Å². The van der Waals surface area contributed by atoms with E-state index in [1.54, 1.807) is 6.92 Å². The average molecular weight is 205 g/mol. The second kappa shape index (κ2) is 4.47. The molecule has 0 fully saturated rings. The molecule has 1 aromatic carbocycles. The Kier molecular flexibility index (Phi) is 3.51. The van der Waals surface area contributed by atoms with E-state index in [0.29, 0.717) is 6.54 Å². The molecule has 0 aliphatic heterocycles. The Balaban J connectivity index is 2.80. The van der Waals surface area contributed by atoms with Gasteiger partial charge in [0.2, 0.25) is 5.91 Å². The molecule has 0 atom stereocenters. The lowest BCUT2D eigenvalue weighted by Gasteiger charge is -2.25. The highest BCUT2D eigenvalue weighted by molar-refractivity contribution is 5.72. The molecule has 0 radical (unpaired) electrons. The number of aryl methyl sites for hydroxylation is 1. The molecule has 2 heteroatoms. The van der Waals surface area contributed by atoms with Crippen molar-refractivity contribution in [2.75, 3.05) is 6.54 Å². The van der Waals surface area contributed by atoms with Crippen molar-refractivity contribution in [1.29, 1.82) is 0 Å². The highest BCUT2D eigenvalue weighted by Crippen LogP contribution is 2.22. The van der Waals surface area contributed by atoms with Crippen molar-refractivity contribution < 1.29 is 4.79 Å². The number of rotatable bonds is 3. The standard InChI is InChI=1S/C13H19NO/c1-10-6-5-7-12(8-10)13(3,4)9-14-11(2)15/h5-8H,9H2,1-4H3,(H,14,15). The van der Waals surface area contributed by atoms with Gasteiger partial charge in [-0.15, -0.1) is 0 Å². The molecular weight excluding hydrogens is 186 g/mol. The largest absolute Gasteiger partial charge is 0.355 e. The van der Waals surface area contributed by atoms with Crippen LogP contribution >= 0.6 is 0 Å². The smallest absolute Gasteiger partial charge is 0.216 e. The third kappa shape index (κ3) is 3.39. The van der Waals surface area contributed by atoms with Gasteiger partial charge in [0.25, 0.3) is 0 Å². The molecule has 1 rings (SSSR count). The number of benzene rings is 1. The summed E-state index contributed by atoms with van der Waals surface area (Å²) < 4.78 is 0. The average Bonchev–Trinajstić information content (AvgIpc) is 2.15. The van der Waals surface area contributed by atoms with Crippen LogP contribution in [0.4, 0.5) is 0 Å². The molecular formula is C13H19NO. The molecule has 0 saturated heterocycles. The molecule has 2 nitrogen and oxygen atoms in total. The normalized spacial score (nSPS) is 11.2. The number of nitrogens with one attached hydrogen (secondary N) is 1. The lowest BCUT2D eigenvalue weighted by molar-refractivity contribution is -0.119. The van der Waals surface area contributed by atoms with Gasteiger partial charge in [0.1, 0.15) is 0 Å². The Labute approximate surface area is 91.7 Å². The van der Waals surface area contributed by atoms with Crippen LogP contribution in [-0.2, 0) is 10.2 Å². The fraction of sp³-hybridized carbons (Fsp3) is 0.462. The Morgan fingerprint density at radius 1 is 1.40 bits per heavy atom. The zero-order valence-corrected chi connectivity index (χ0v) is 9.92. The van der Waals surface area contributed by atoms with Gasteiger partial charge in [-0.25, -0.2) is 0 Å². The molecule has 0 bridgehead atoms. The fourth-order valence-corrected chi connectivity index (χ4v) is 1.51. The minimum absolute atomic E-state index is 0.0162. The van der Waals surface area contributed by atoms with Crippen molar-refractivity contribution in [1.82, 2.24) is 5.32 Å². The Morgan fingerprint density at radius 3 is 2.60 bits per heavy atom. The van der Waals surface area contributed by atoms with E-state index in [4.69, 9.17) is 0 Å². The van der Waals surface area contributed by atoms with Gasteiger partial charge in [-0.2, -0.15) is 0 Å². The van der Waals surface area contributed by atoms with Gasteiger partial charge in [0.05, 0.1) is 0 Å². The van der Waals surface area contributed by atoms with Gasteiger partial charge < -0.3 is 5.32 Å². The molecule has 1 amide bonds. The second-order valence-electron chi connectivity index (χ2n) is 4.66. The summed E-state index contributed by atoms with van der Waals surface area (Å²) in [6.07, 6.45) is 0. The minimum Gasteiger partial charge on any atom is -0.355 e. The zero-order chi connectivity index (χ0) is 11.5. The Hall–Kier alpha value is -1.31. The molecule has 0 aromatic heterocycles. The highest BCUT2D eigenvalue weighted by atomic mass is 16.1. The van der Waals surface area contributed by atoms with E-state index in [2.05, 4.69) is 50.4 Å². The van der Waals surface area contributed by atoms with Crippen LogP contribution in [0.15, 0.2) is 24.3 Å². The molecule has 0 aliphatic rings. The van der Waals surface area contributed by atoms with Crippen molar-refractivity contribution in [3.63, 3.8) is 0 Å². The van der Waals surface area contributed by atoms with Crippen LogP contribution in [0.25, 0.3) is 0 Å². The first kappa shape index (κ1) is 11.8. The van der Waals surface area contributed by atoms with Gasteiger partial charge in [-0.1, -0.05) is 43.7 Å². The second-order valence-corrected chi connectivity index (χ2v) is 4.66. The van der Waals surface area contributed by atoms with E-state index in [9.17, 15) is 4.79 Å². The summed E-state index contributed by atoms with van der Waals surface area (Å²) >= 11 is 0. The maximum atomic E-state index is 10.9. The van der Waals surface area contributed by atoms with Gasteiger partial charge in [0.15, 0.2) is 0 Å². The molecule has 0 saturated carbocycles. The van der Waals surface area contributed by atoms with Crippen molar-refractivity contribution in [2.45, 2.75) is 33.1 Å². The van der Waals surface area contributed by atoms with Crippen LogP contribution in [0.3, 0.4) is 0 Å². The van der Waals surface area contributed by atoms with Crippen LogP contribution in [-0.4, -0.2) is 12.5 Å². The maximum absolute atomic E-state index is 10.9. The SMILES string of the molecule is CC(=O)NCC(C)(C)c1cccc(C)c1. The van der Waals surface area contributed by atoms with Gasteiger partial charge in [-0.05, 0) is 12.5 Å². The quantitative estimate of drug-likeness (QED) is 0.806. The van der Waals surface area contributed by atoms with Gasteiger partial charge >= 0.3 is 0 Å². The summed E-state index contributed by atoms with van der Waals surface area (Å²) in [6.45, 7) is 8.57. The van der Waals surface area contributed by atoms with E-state index in [-0.39, 0.29) is 11.3 Å². The van der Waals surface area contributed by atoms with E-state index in [1.165, 1.54) is 11.1 Å². The summed E-state index contributed by atoms with van der Waals surface area (Å²) in [5.41, 5.74) is 2.50. The Bertz CT molecular complexity index is 355.